The van der Waals surface area contributed by atoms with Crippen LogP contribution in [-0.4, -0.2) is 38.4 Å². The fourth-order valence-electron chi connectivity index (χ4n) is 6.05. The van der Waals surface area contributed by atoms with Crippen molar-refractivity contribution in [3.63, 3.8) is 0 Å². The number of ether oxygens (including phenoxy) is 1. The third kappa shape index (κ3) is 4.67. The fraction of sp³-hybridized carbons (Fsp3) is 0.433. The molecule has 0 bridgehead atoms. The van der Waals surface area contributed by atoms with Gasteiger partial charge in [0.25, 0.3) is 0 Å². The molecule has 6 rings (SSSR count). The van der Waals surface area contributed by atoms with Crippen LogP contribution in [-0.2, 0) is 17.8 Å². The third-order valence-corrected chi connectivity index (χ3v) is 7.95. The summed E-state index contributed by atoms with van der Waals surface area (Å²) in [6.07, 6.45) is 8.87. The molecule has 0 saturated carbocycles. The van der Waals surface area contributed by atoms with E-state index in [1.54, 1.807) is 0 Å². The molecular formula is C30H36N4O. The van der Waals surface area contributed by atoms with Gasteiger partial charge in [-0.25, -0.2) is 4.68 Å². The number of hydrogen-bond acceptors (Lipinski definition) is 3. The van der Waals surface area contributed by atoms with Crippen molar-refractivity contribution in [2.45, 2.75) is 64.9 Å². The van der Waals surface area contributed by atoms with E-state index in [0.29, 0.717) is 12.0 Å². The third-order valence-electron chi connectivity index (χ3n) is 7.95. The zero-order chi connectivity index (χ0) is 23.8. The average molecular weight is 469 g/mol. The van der Waals surface area contributed by atoms with Crippen molar-refractivity contribution in [2.24, 2.45) is 5.92 Å². The Morgan fingerprint density at radius 1 is 1.03 bits per heavy atom. The van der Waals surface area contributed by atoms with Crippen LogP contribution in [0, 0.1) is 12.8 Å². The highest BCUT2D eigenvalue weighted by atomic mass is 16.5. The zero-order valence-corrected chi connectivity index (χ0v) is 20.9. The number of hydrogen-bond donors (Lipinski definition) is 0. The molecule has 0 spiro atoms. The molecule has 2 aliphatic heterocycles. The molecule has 0 radical (unpaired) electrons. The second-order valence-electron chi connectivity index (χ2n) is 10.6. The lowest BCUT2D eigenvalue weighted by atomic mass is 10.1. The molecule has 35 heavy (non-hydrogen) atoms. The highest BCUT2D eigenvalue weighted by molar-refractivity contribution is 5.86. The Labute approximate surface area is 208 Å². The van der Waals surface area contributed by atoms with Gasteiger partial charge in [-0.2, -0.15) is 5.10 Å². The van der Waals surface area contributed by atoms with Crippen LogP contribution < -0.4 is 0 Å². The summed E-state index contributed by atoms with van der Waals surface area (Å²) >= 11 is 0. The van der Waals surface area contributed by atoms with E-state index in [1.807, 2.05) is 10.9 Å². The fourth-order valence-corrected chi connectivity index (χ4v) is 6.05. The van der Waals surface area contributed by atoms with Gasteiger partial charge in [0.1, 0.15) is 6.23 Å². The molecule has 0 amide bonds. The molecule has 2 fully saturated rings. The Morgan fingerprint density at radius 3 is 2.74 bits per heavy atom. The van der Waals surface area contributed by atoms with Crippen LogP contribution in [0.5, 0.6) is 0 Å². The van der Waals surface area contributed by atoms with E-state index >= 15 is 0 Å². The average Bonchev–Trinajstić information content (AvgIpc) is 3.58. The molecular weight excluding hydrogens is 432 g/mol. The standard InChI is InChI=1S/C30H36N4O/c1-22-14-25(19-32(22)18-24-8-4-3-5-9-24)20-33-23(2)15-27-16-26(11-12-29(27)33)28-17-31-34(21-28)30-10-6-7-13-35-30/h3-5,8-9,11-12,15-17,21-22,25,30H,6-7,10,13-14,18-20H2,1-2H3. The van der Waals surface area contributed by atoms with Crippen molar-refractivity contribution in [3.05, 3.63) is 78.2 Å². The summed E-state index contributed by atoms with van der Waals surface area (Å²) in [5.74, 6) is 0.677. The minimum atomic E-state index is 0.0832. The van der Waals surface area contributed by atoms with Gasteiger partial charge in [-0.3, -0.25) is 4.90 Å². The number of fused-ring (bicyclic) bond motifs is 1. The highest BCUT2D eigenvalue weighted by Gasteiger charge is 2.29. The summed E-state index contributed by atoms with van der Waals surface area (Å²) in [6.45, 7) is 8.76. The van der Waals surface area contributed by atoms with Crippen LogP contribution in [0.4, 0.5) is 0 Å². The van der Waals surface area contributed by atoms with Crippen molar-refractivity contribution in [1.82, 2.24) is 19.2 Å². The summed E-state index contributed by atoms with van der Waals surface area (Å²) < 4.78 is 10.4. The van der Waals surface area contributed by atoms with Crippen LogP contribution >= 0.6 is 0 Å². The molecule has 0 N–H and O–H groups in total. The molecule has 4 heterocycles. The lowest BCUT2D eigenvalue weighted by Gasteiger charge is -2.22. The zero-order valence-electron chi connectivity index (χ0n) is 20.9. The minimum Gasteiger partial charge on any atom is -0.357 e. The first-order chi connectivity index (χ1) is 17.1. The van der Waals surface area contributed by atoms with Crippen LogP contribution in [0.15, 0.2) is 67.0 Å². The molecule has 0 aliphatic carbocycles. The Bertz CT molecular complexity index is 1280. The van der Waals surface area contributed by atoms with E-state index in [0.717, 1.165) is 44.6 Å². The van der Waals surface area contributed by atoms with Crippen LogP contribution in [0.3, 0.4) is 0 Å². The molecule has 5 heteroatoms. The molecule has 2 aliphatic rings. The Hall–Kier alpha value is -2.89. The van der Waals surface area contributed by atoms with Crippen molar-refractivity contribution in [3.8, 4) is 11.1 Å². The van der Waals surface area contributed by atoms with Crippen molar-refractivity contribution < 1.29 is 4.74 Å². The molecule has 2 saturated heterocycles. The van der Waals surface area contributed by atoms with Gasteiger partial charge in [0.2, 0.25) is 0 Å². The first-order valence-corrected chi connectivity index (χ1v) is 13.2. The van der Waals surface area contributed by atoms with Gasteiger partial charge in [-0.05, 0) is 74.8 Å². The van der Waals surface area contributed by atoms with E-state index in [1.165, 1.54) is 40.6 Å². The van der Waals surface area contributed by atoms with Gasteiger partial charge in [-0.1, -0.05) is 36.4 Å². The molecule has 4 aromatic rings. The topological polar surface area (TPSA) is 35.2 Å². The molecule has 3 unspecified atom stereocenters. The first-order valence-electron chi connectivity index (χ1n) is 13.2. The van der Waals surface area contributed by atoms with E-state index < -0.39 is 0 Å². The molecule has 3 atom stereocenters. The van der Waals surface area contributed by atoms with Gasteiger partial charge in [0.15, 0.2) is 0 Å². The molecule has 2 aromatic carbocycles. The largest absolute Gasteiger partial charge is 0.357 e. The van der Waals surface area contributed by atoms with Gasteiger partial charge in [0.05, 0.1) is 6.20 Å². The normalized spacial score (nSPS) is 23.3. The van der Waals surface area contributed by atoms with E-state index in [2.05, 4.69) is 89.2 Å². The monoisotopic (exact) mass is 468 g/mol. The summed E-state index contributed by atoms with van der Waals surface area (Å²) in [7, 11) is 0. The quantitative estimate of drug-likeness (QED) is 0.327. The lowest BCUT2D eigenvalue weighted by molar-refractivity contribution is -0.0394. The Kier molecular flexibility index (Phi) is 6.21. The predicted molar refractivity (Wildman–Crippen MR) is 141 cm³/mol. The van der Waals surface area contributed by atoms with Crippen molar-refractivity contribution in [1.29, 1.82) is 0 Å². The second kappa shape index (κ2) is 9.63. The van der Waals surface area contributed by atoms with E-state index in [-0.39, 0.29) is 6.23 Å². The summed E-state index contributed by atoms with van der Waals surface area (Å²) in [5.41, 5.74) is 6.47. The lowest BCUT2D eigenvalue weighted by Crippen LogP contribution is -2.26. The highest BCUT2D eigenvalue weighted by Crippen LogP contribution is 2.32. The number of benzene rings is 2. The maximum absolute atomic E-state index is 5.91. The summed E-state index contributed by atoms with van der Waals surface area (Å²) in [5, 5.41) is 5.93. The number of likely N-dealkylation sites (tertiary alicyclic amines) is 1. The van der Waals surface area contributed by atoms with Gasteiger partial charge in [0, 0.05) is 60.6 Å². The van der Waals surface area contributed by atoms with E-state index in [4.69, 9.17) is 4.74 Å². The summed E-state index contributed by atoms with van der Waals surface area (Å²) in [4.78, 5) is 2.65. The predicted octanol–water partition coefficient (Wildman–Crippen LogP) is 6.42. The number of aromatic nitrogens is 3. The SMILES string of the molecule is Cc1cc2cc(-c3cnn(C4CCCCO4)c3)ccc2n1CC1CC(C)N(Cc2ccccc2)C1. The van der Waals surface area contributed by atoms with Crippen molar-refractivity contribution in [2.75, 3.05) is 13.2 Å². The van der Waals surface area contributed by atoms with Crippen molar-refractivity contribution >= 4 is 10.9 Å². The molecule has 2 aromatic heterocycles. The van der Waals surface area contributed by atoms with Crippen LogP contribution in [0.2, 0.25) is 0 Å². The van der Waals surface area contributed by atoms with E-state index in [9.17, 15) is 0 Å². The molecule has 5 nitrogen and oxygen atoms in total. The summed E-state index contributed by atoms with van der Waals surface area (Å²) in [6, 6.07) is 20.7. The van der Waals surface area contributed by atoms with Crippen LogP contribution in [0.1, 0.15) is 50.1 Å². The number of rotatable bonds is 6. The maximum Gasteiger partial charge on any atom is 0.150 e. The minimum absolute atomic E-state index is 0.0832. The number of nitrogens with zero attached hydrogens (tertiary/aromatic N) is 4. The smallest absolute Gasteiger partial charge is 0.150 e. The van der Waals surface area contributed by atoms with Gasteiger partial charge < -0.3 is 9.30 Å². The van der Waals surface area contributed by atoms with Crippen LogP contribution in [0.25, 0.3) is 22.0 Å². The Morgan fingerprint density at radius 2 is 1.91 bits per heavy atom. The molecule has 182 valence electrons. The van der Waals surface area contributed by atoms with Gasteiger partial charge >= 0.3 is 0 Å². The first kappa shape index (κ1) is 22.6. The van der Waals surface area contributed by atoms with Gasteiger partial charge in [-0.15, -0.1) is 0 Å². The maximum atomic E-state index is 5.91. The second-order valence-corrected chi connectivity index (χ2v) is 10.6. The number of aryl methyl sites for hydroxylation is 1. The Balaban J connectivity index is 1.18.